The van der Waals surface area contributed by atoms with Gasteiger partial charge in [0, 0.05) is 13.0 Å². The monoisotopic (exact) mass is 172 g/mol. The second-order valence-electron chi connectivity index (χ2n) is 3.21. The predicted octanol–water partition coefficient (Wildman–Crippen LogP) is 1.99. The summed E-state index contributed by atoms with van der Waals surface area (Å²) in [6, 6.07) is 0. The van der Waals surface area contributed by atoms with Gasteiger partial charge < -0.3 is 9.84 Å². The van der Waals surface area contributed by atoms with Crippen molar-refractivity contribution in [1.82, 2.24) is 0 Å². The summed E-state index contributed by atoms with van der Waals surface area (Å²) in [5, 5.41) is 8.80. The van der Waals surface area contributed by atoms with Crippen LogP contribution in [0.5, 0.6) is 0 Å². The zero-order chi connectivity index (χ0) is 9.56. The molecule has 72 valence electrons. The highest BCUT2D eigenvalue weighted by molar-refractivity contribution is 5.01. The molecule has 0 amide bonds. The molecule has 0 aromatic carbocycles. The minimum absolute atomic E-state index is 0.143. The second-order valence-corrected chi connectivity index (χ2v) is 3.21. The molecule has 0 saturated heterocycles. The summed E-state index contributed by atoms with van der Waals surface area (Å²) in [5.41, 5.74) is 1.01. The topological polar surface area (TPSA) is 29.5 Å². The molecule has 2 heteroatoms. The Kier molecular flexibility index (Phi) is 6.03. The van der Waals surface area contributed by atoms with Crippen LogP contribution in [-0.2, 0) is 4.74 Å². The molecule has 0 aromatic rings. The predicted molar refractivity (Wildman–Crippen MR) is 51.1 cm³/mol. The Balaban J connectivity index is 4.07. The summed E-state index contributed by atoms with van der Waals surface area (Å²) in [6.45, 7) is 6.28. The standard InChI is InChI=1S/C10H20O2/c1-5-10(12-4)9(3)6-8(2)7-11/h6,9-11H,5,7H2,1-4H3/b8-6+. The fourth-order valence-electron chi connectivity index (χ4n) is 1.36. The first-order chi connectivity index (χ1) is 5.65. The third-order valence-corrected chi connectivity index (χ3v) is 2.09. The highest BCUT2D eigenvalue weighted by atomic mass is 16.5. The van der Waals surface area contributed by atoms with Gasteiger partial charge >= 0.3 is 0 Å². The molecule has 0 bridgehead atoms. The normalized spacial score (nSPS) is 17.6. The molecular weight excluding hydrogens is 152 g/mol. The van der Waals surface area contributed by atoms with E-state index in [1.54, 1.807) is 7.11 Å². The van der Waals surface area contributed by atoms with Crippen LogP contribution in [-0.4, -0.2) is 24.9 Å². The van der Waals surface area contributed by atoms with Gasteiger partial charge in [-0.05, 0) is 13.3 Å². The van der Waals surface area contributed by atoms with Gasteiger partial charge in [0.1, 0.15) is 0 Å². The van der Waals surface area contributed by atoms with E-state index in [0.717, 1.165) is 12.0 Å². The second kappa shape index (κ2) is 6.21. The van der Waals surface area contributed by atoms with Gasteiger partial charge in [-0.25, -0.2) is 0 Å². The summed E-state index contributed by atoms with van der Waals surface area (Å²) in [4.78, 5) is 0. The lowest BCUT2D eigenvalue weighted by Gasteiger charge is -2.18. The molecule has 1 N–H and O–H groups in total. The molecule has 2 atom stereocenters. The van der Waals surface area contributed by atoms with Crippen LogP contribution in [0.4, 0.5) is 0 Å². The Hall–Kier alpha value is -0.340. The molecule has 0 aliphatic rings. The van der Waals surface area contributed by atoms with Crippen molar-refractivity contribution in [3.05, 3.63) is 11.6 Å². The Bertz CT molecular complexity index is 137. The molecular formula is C10H20O2. The van der Waals surface area contributed by atoms with Crippen LogP contribution < -0.4 is 0 Å². The fourth-order valence-corrected chi connectivity index (χ4v) is 1.36. The molecule has 0 fully saturated rings. The summed E-state index contributed by atoms with van der Waals surface area (Å²) >= 11 is 0. The van der Waals surface area contributed by atoms with E-state index < -0.39 is 0 Å². The molecule has 0 heterocycles. The Morgan fingerprint density at radius 1 is 1.58 bits per heavy atom. The van der Waals surface area contributed by atoms with Crippen molar-refractivity contribution in [2.24, 2.45) is 5.92 Å². The van der Waals surface area contributed by atoms with Gasteiger partial charge in [0.05, 0.1) is 12.7 Å². The van der Waals surface area contributed by atoms with Gasteiger partial charge in [-0.1, -0.05) is 25.5 Å². The summed E-state index contributed by atoms with van der Waals surface area (Å²) in [5.74, 6) is 0.382. The number of aliphatic hydroxyl groups is 1. The van der Waals surface area contributed by atoms with E-state index in [4.69, 9.17) is 9.84 Å². The summed E-state index contributed by atoms with van der Waals surface area (Å²) < 4.78 is 5.28. The van der Waals surface area contributed by atoms with Crippen molar-refractivity contribution in [2.75, 3.05) is 13.7 Å². The first-order valence-electron chi connectivity index (χ1n) is 4.46. The summed E-state index contributed by atoms with van der Waals surface area (Å²) in [6.07, 6.45) is 3.34. The van der Waals surface area contributed by atoms with Crippen molar-refractivity contribution in [2.45, 2.75) is 33.3 Å². The Labute approximate surface area is 75.2 Å². The van der Waals surface area contributed by atoms with Crippen LogP contribution >= 0.6 is 0 Å². The van der Waals surface area contributed by atoms with Crippen molar-refractivity contribution < 1.29 is 9.84 Å². The number of hydrogen-bond acceptors (Lipinski definition) is 2. The molecule has 0 aliphatic carbocycles. The number of rotatable bonds is 5. The van der Waals surface area contributed by atoms with Crippen LogP contribution in [0.2, 0.25) is 0 Å². The SMILES string of the molecule is CCC(OC)C(C)/C=C(\C)CO. The highest BCUT2D eigenvalue weighted by Crippen LogP contribution is 2.13. The molecule has 0 aromatic heterocycles. The lowest BCUT2D eigenvalue weighted by Crippen LogP contribution is -2.18. The minimum Gasteiger partial charge on any atom is -0.392 e. The van der Waals surface area contributed by atoms with E-state index in [9.17, 15) is 0 Å². The van der Waals surface area contributed by atoms with Crippen molar-refractivity contribution in [1.29, 1.82) is 0 Å². The molecule has 2 unspecified atom stereocenters. The largest absolute Gasteiger partial charge is 0.392 e. The molecule has 12 heavy (non-hydrogen) atoms. The van der Waals surface area contributed by atoms with Gasteiger partial charge in [-0.2, -0.15) is 0 Å². The number of ether oxygens (including phenoxy) is 1. The van der Waals surface area contributed by atoms with E-state index in [-0.39, 0.29) is 12.7 Å². The van der Waals surface area contributed by atoms with Crippen molar-refractivity contribution >= 4 is 0 Å². The number of hydrogen-bond donors (Lipinski definition) is 1. The molecule has 0 radical (unpaired) electrons. The zero-order valence-electron chi connectivity index (χ0n) is 8.50. The molecule has 2 nitrogen and oxygen atoms in total. The van der Waals surface area contributed by atoms with E-state index >= 15 is 0 Å². The smallest absolute Gasteiger partial charge is 0.0639 e. The van der Waals surface area contributed by atoms with Crippen LogP contribution in [0.25, 0.3) is 0 Å². The Morgan fingerprint density at radius 2 is 2.17 bits per heavy atom. The van der Waals surface area contributed by atoms with Crippen LogP contribution in [0.3, 0.4) is 0 Å². The van der Waals surface area contributed by atoms with Gasteiger partial charge in [-0.3, -0.25) is 0 Å². The highest BCUT2D eigenvalue weighted by Gasteiger charge is 2.11. The quantitative estimate of drug-likeness (QED) is 0.643. The first-order valence-corrected chi connectivity index (χ1v) is 4.46. The molecule has 0 spiro atoms. The fraction of sp³-hybridized carbons (Fsp3) is 0.800. The van der Waals surface area contributed by atoms with E-state index in [2.05, 4.69) is 19.9 Å². The van der Waals surface area contributed by atoms with Crippen molar-refractivity contribution in [3.63, 3.8) is 0 Å². The maximum Gasteiger partial charge on any atom is 0.0639 e. The van der Waals surface area contributed by atoms with Gasteiger partial charge in [0.25, 0.3) is 0 Å². The van der Waals surface area contributed by atoms with Crippen LogP contribution in [0.15, 0.2) is 11.6 Å². The van der Waals surface area contributed by atoms with Gasteiger partial charge in [0.15, 0.2) is 0 Å². The molecule has 0 saturated carbocycles. The van der Waals surface area contributed by atoms with Gasteiger partial charge in [-0.15, -0.1) is 0 Å². The third kappa shape index (κ3) is 3.88. The lowest BCUT2D eigenvalue weighted by atomic mass is 10.00. The van der Waals surface area contributed by atoms with Gasteiger partial charge in [0.2, 0.25) is 0 Å². The van der Waals surface area contributed by atoms with Crippen molar-refractivity contribution in [3.8, 4) is 0 Å². The maximum atomic E-state index is 8.80. The number of aliphatic hydroxyl groups excluding tert-OH is 1. The van der Waals surface area contributed by atoms with E-state index in [1.165, 1.54) is 0 Å². The van der Waals surface area contributed by atoms with E-state index in [1.807, 2.05) is 6.92 Å². The average Bonchev–Trinajstić information content (AvgIpc) is 2.06. The average molecular weight is 172 g/mol. The summed E-state index contributed by atoms with van der Waals surface area (Å²) in [7, 11) is 1.73. The number of methoxy groups -OCH3 is 1. The minimum atomic E-state index is 0.143. The molecule has 0 rings (SSSR count). The maximum absolute atomic E-state index is 8.80. The first kappa shape index (κ1) is 11.7. The van der Waals surface area contributed by atoms with Crippen LogP contribution in [0.1, 0.15) is 27.2 Å². The third-order valence-electron chi connectivity index (χ3n) is 2.09. The van der Waals surface area contributed by atoms with E-state index in [0.29, 0.717) is 5.92 Å². The lowest BCUT2D eigenvalue weighted by molar-refractivity contribution is 0.0709. The zero-order valence-corrected chi connectivity index (χ0v) is 8.50. The van der Waals surface area contributed by atoms with Crippen LogP contribution in [0, 0.1) is 5.92 Å². The Morgan fingerprint density at radius 3 is 2.50 bits per heavy atom. The molecule has 0 aliphatic heterocycles.